The van der Waals surface area contributed by atoms with Gasteiger partial charge in [-0.05, 0) is 48.9 Å². The summed E-state index contributed by atoms with van der Waals surface area (Å²) in [4.78, 5) is 12.4. The second-order valence-corrected chi connectivity index (χ2v) is 8.43. The fourth-order valence-electron chi connectivity index (χ4n) is 2.74. The van der Waals surface area contributed by atoms with E-state index in [1.807, 2.05) is 37.3 Å². The molecule has 0 aliphatic heterocycles. The predicted octanol–water partition coefficient (Wildman–Crippen LogP) is 3.65. The van der Waals surface area contributed by atoms with Crippen molar-refractivity contribution in [1.29, 1.82) is 0 Å². The van der Waals surface area contributed by atoms with Crippen LogP contribution in [0.3, 0.4) is 0 Å². The van der Waals surface area contributed by atoms with E-state index < -0.39 is 28.3 Å². The molecule has 5 nitrogen and oxygen atoms in total. The first kappa shape index (κ1) is 20.5. The van der Waals surface area contributed by atoms with E-state index in [1.54, 1.807) is 24.3 Å². The quantitative estimate of drug-likeness (QED) is 0.644. The minimum atomic E-state index is -4.06. The van der Waals surface area contributed by atoms with Gasteiger partial charge in [0.15, 0.2) is 0 Å². The minimum Gasteiger partial charge on any atom is -0.350 e. The molecule has 150 valence electrons. The second kappa shape index (κ2) is 8.87. The molecule has 0 aliphatic carbocycles. The smallest absolute Gasteiger partial charge is 0.264 e. The summed E-state index contributed by atoms with van der Waals surface area (Å²) in [5, 5.41) is 2.74. The third kappa shape index (κ3) is 5.20. The number of hydrogen-bond acceptors (Lipinski definition) is 3. The molecule has 29 heavy (non-hydrogen) atoms. The molecule has 7 heteroatoms. The Hall–Kier alpha value is -3.19. The summed E-state index contributed by atoms with van der Waals surface area (Å²) < 4.78 is 40.6. The highest BCUT2D eigenvalue weighted by molar-refractivity contribution is 7.92. The van der Waals surface area contributed by atoms with E-state index in [9.17, 15) is 17.6 Å². The molecule has 0 unspecified atom stereocenters. The number of anilines is 1. The number of halogens is 1. The zero-order valence-electron chi connectivity index (χ0n) is 15.9. The summed E-state index contributed by atoms with van der Waals surface area (Å²) in [5.74, 6) is -0.980. The van der Waals surface area contributed by atoms with E-state index in [4.69, 9.17) is 0 Å². The maximum atomic E-state index is 13.2. The standard InChI is InChI=1S/C22H21FN2O3S/c1-17-7-11-20(12-8-17)25(29(27,28)21-13-9-19(23)10-14-21)16-22(26)24-15-18-5-3-2-4-6-18/h2-14H,15-16H2,1H3,(H,24,26). The highest BCUT2D eigenvalue weighted by Crippen LogP contribution is 2.24. The Labute approximate surface area is 169 Å². The van der Waals surface area contributed by atoms with Crippen molar-refractivity contribution in [3.8, 4) is 0 Å². The number of benzene rings is 3. The van der Waals surface area contributed by atoms with Crippen LogP contribution < -0.4 is 9.62 Å². The molecule has 0 aromatic heterocycles. The van der Waals surface area contributed by atoms with Crippen LogP contribution in [0.1, 0.15) is 11.1 Å². The molecule has 0 saturated heterocycles. The number of carbonyl (C=O) groups excluding carboxylic acids is 1. The van der Waals surface area contributed by atoms with Gasteiger partial charge in [0.1, 0.15) is 12.4 Å². The van der Waals surface area contributed by atoms with Crippen LogP contribution in [0, 0.1) is 12.7 Å². The lowest BCUT2D eigenvalue weighted by Crippen LogP contribution is -2.40. The first-order valence-electron chi connectivity index (χ1n) is 9.02. The van der Waals surface area contributed by atoms with E-state index >= 15 is 0 Å². The summed E-state index contributed by atoms with van der Waals surface area (Å²) in [7, 11) is -4.06. The average molecular weight is 412 g/mol. The van der Waals surface area contributed by atoms with Crippen LogP contribution in [-0.4, -0.2) is 20.9 Å². The highest BCUT2D eigenvalue weighted by atomic mass is 32.2. The Morgan fingerprint density at radius 2 is 1.55 bits per heavy atom. The van der Waals surface area contributed by atoms with Gasteiger partial charge in [0, 0.05) is 6.54 Å². The average Bonchev–Trinajstić information content (AvgIpc) is 2.72. The van der Waals surface area contributed by atoms with Crippen molar-refractivity contribution in [1.82, 2.24) is 5.32 Å². The van der Waals surface area contributed by atoms with Crippen molar-refractivity contribution in [3.05, 3.63) is 95.8 Å². The van der Waals surface area contributed by atoms with Crippen molar-refractivity contribution in [3.63, 3.8) is 0 Å². The summed E-state index contributed by atoms with van der Waals surface area (Å²) in [6, 6.07) is 20.7. The minimum absolute atomic E-state index is 0.0877. The number of aryl methyl sites for hydroxylation is 1. The summed E-state index contributed by atoms with van der Waals surface area (Å²) in [5.41, 5.74) is 2.22. The van der Waals surface area contributed by atoms with Gasteiger partial charge in [-0.3, -0.25) is 9.10 Å². The molecule has 0 bridgehead atoms. The number of nitrogens with one attached hydrogen (secondary N) is 1. The number of rotatable bonds is 7. The monoisotopic (exact) mass is 412 g/mol. The molecule has 3 aromatic rings. The van der Waals surface area contributed by atoms with E-state index in [0.717, 1.165) is 27.6 Å². The van der Waals surface area contributed by atoms with Crippen molar-refractivity contribution in [2.24, 2.45) is 0 Å². The Morgan fingerprint density at radius 1 is 0.931 bits per heavy atom. The SMILES string of the molecule is Cc1ccc(N(CC(=O)NCc2ccccc2)S(=O)(=O)c2ccc(F)cc2)cc1. The third-order valence-electron chi connectivity index (χ3n) is 4.34. The van der Waals surface area contributed by atoms with Gasteiger partial charge >= 0.3 is 0 Å². The van der Waals surface area contributed by atoms with Crippen LogP contribution in [0.4, 0.5) is 10.1 Å². The highest BCUT2D eigenvalue weighted by Gasteiger charge is 2.27. The van der Waals surface area contributed by atoms with Gasteiger partial charge in [-0.1, -0.05) is 48.0 Å². The molecule has 3 aromatic carbocycles. The van der Waals surface area contributed by atoms with Gasteiger partial charge < -0.3 is 5.32 Å². The lowest BCUT2D eigenvalue weighted by atomic mass is 10.2. The van der Waals surface area contributed by atoms with Gasteiger partial charge in [-0.2, -0.15) is 0 Å². The van der Waals surface area contributed by atoms with E-state index in [-0.39, 0.29) is 11.4 Å². The summed E-state index contributed by atoms with van der Waals surface area (Å²) >= 11 is 0. The molecule has 0 fully saturated rings. The third-order valence-corrected chi connectivity index (χ3v) is 6.13. The van der Waals surface area contributed by atoms with Gasteiger partial charge in [-0.25, -0.2) is 12.8 Å². The van der Waals surface area contributed by atoms with Crippen LogP contribution >= 0.6 is 0 Å². The molecule has 1 N–H and O–H groups in total. The van der Waals surface area contributed by atoms with E-state index in [1.165, 1.54) is 12.1 Å². The summed E-state index contributed by atoms with van der Waals surface area (Å²) in [6.07, 6.45) is 0. The Bertz CT molecular complexity index is 1070. The molecule has 0 aliphatic rings. The Morgan fingerprint density at radius 3 is 2.17 bits per heavy atom. The fourth-order valence-corrected chi connectivity index (χ4v) is 4.16. The van der Waals surface area contributed by atoms with Gasteiger partial charge in [0.05, 0.1) is 10.6 Å². The number of carbonyl (C=O) groups is 1. The van der Waals surface area contributed by atoms with Crippen molar-refractivity contribution in [2.45, 2.75) is 18.4 Å². The summed E-state index contributed by atoms with van der Waals surface area (Å²) in [6.45, 7) is 1.78. The molecular weight excluding hydrogens is 391 g/mol. The van der Waals surface area contributed by atoms with Crippen LogP contribution in [-0.2, 0) is 21.4 Å². The molecule has 0 atom stereocenters. The lowest BCUT2D eigenvalue weighted by molar-refractivity contribution is -0.119. The predicted molar refractivity (Wildman–Crippen MR) is 110 cm³/mol. The Kier molecular flexibility index (Phi) is 6.29. The maximum Gasteiger partial charge on any atom is 0.264 e. The normalized spacial score (nSPS) is 11.1. The van der Waals surface area contributed by atoms with E-state index in [0.29, 0.717) is 5.69 Å². The first-order chi connectivity index (χ1) is 13.9. The maximum absolute atomic E-state index is 13.2. The van der Waals surface area contributed by atoms with Gasteiger partial charge in [0.2, 0.25) is 5.91 Å². The van der Waals surface area contributed by atoms with Crippen LogP contribution in [0.25, 0.3) is 0 Å². The zero-order chi connectivity index (χ0) is 20.9. The molecule has 3 rings (SSSR count). The van der Waals surface area contributed by atoms with Crippen LogP contribution in [0.2, 0.25) is 0 Å². The van der Waals surface area contributed by atoms with Crippen LogP contribution in [0.15, 0.2) is 83.8 Å². The van der Waals surface area contributed by atoms with Crippen LogP contribution in [0.5, 0.6) is 0 Å². The molecule has 0 radical (unpaired) electrons. The fraction of sp³-hybridized carbons (Fsp3) is 0.136. The number of amides is 1. The lowest BCUT2D eigenvalue weighted by Gasteiger charge is -2.24. The number of hydrogen-bond donors (Lipinski definition) is 1. The topological polar surface area (TPSA) is 66.5 Å². The first-order valence-corrected chi connectivity index (χ1v) is 10.5. The van der Waals surface area contributed by atoms with Crippen molar-refractivity contribution < 1.29 is 17.6 Å². The second-order valence-electron chi connectivity index (χ2n) is 6.56. The molecule has 0 heterocycles. The number of sulfonamides is 1. The largest absolute Gasteiger partial charge is 0.350 e. The molecular formula is C22H21FN2O3S. The van der Waals surface area contributed by atoms with Gasteiger partial charge in [-0.15, -0.1) is 0 Å². The van der Waals surface area contributed by atoms with Gasteiger partial charge in [0.25, 0.3) is 10.0 Å². The molecule has 1 amide bonds. The zero-order valence-corrected chi connectivity index (χ0v) is 16.7. The molecule has 0 saturated carbocycles. The van der Waals surface area contributed by atoms with E-state index in [2.05, 4.69) is 5.32 Å². The van der Waals surface area contributed by atoms with Crippen molar-refractivity contribution >= 4 is 21.6 Å². The Balaban J connectivity index is 1.86. The number of nitrogens with zero attached hydrogens (tertiary/aromatic N) is 1. The van der Waals surface area contributed by atoms with Crippen molar-refractivity contribution in [2.75, 3.05) is 10.8 Å². The molecule has 0 spiro atoms.